The van der Waals surface area contributed by atoms with Gasteiger partial charge in [0.1, 0.15) is 18.3 Å². The zero-order valence-electron chi connectivity index (χ0n) is 11.6. The van der Waals surface area contributed by atoms with Gasteiger partial charge in [-0.05, 0) is 26.0 Å². The molecule has 0 amide bonds. The smallest absolute Gasteiger partial charge is 0.336 e. The molecule has 0 spiro atoms. The maximum absolute atomic E-state index is 11.3. The van der Waals surface area contributed by atoms with Crippen molar-refractivity contribution < 1.29 is 18.6 Å². The minimum Gasteiger partial charge on any atom is -0.493 e. The summed E-state index contributed by atoms with van der Waals surface area (Å²) in [5.74, 6) is 1.14. The van der Waals surface area contributed by atoms with Crippen molar-refractivity contribution in [3.63, 3.8) is 0 Å². The van der Waals surface area contributed by atoms with Gasteiger partial charge in [0.25, 0.3) is 0 Å². The van der Waals surface area contributed by atoms with E-state index < -0.39 is 0 Å². The molecule has 0 N–H and O–H groups in total. The molecular weight excluding hydrogens is 260 g/mol. The van der Waals surface area contributed by atoms with Crippen molar-refractivity contribution in [1.29, 1.82) is 0 Å². The zero-order chi connectivity index (χ0) is 14.3. The van der Waals surface area contributed by atoms with E-state index in [0.717, 1.165) is 5.39 Å². The highest BCUT2D eigenvalue weighted by atomic mass is 16.6. The Morgan fingerprint density at radius 3 is 2.65 bits per heavy atom. The van der Waals surface area contributed by atoms with Crippen LogP contribution in [0.4, 0.5) is 0 Å². The van der Waals surface area contributed by atoms with Gasteiger partial charge in [0.2, 0.25) is 0 Å². The summed E-state index contributed by atoms with van der Waals surface area (Å²) in [6.45, 7) is 4.46. The Balaban J connectivity index is 1.90. The van der Waals surface area contributed by atoms with Crippen LogP contribution in [0.1, 0.15) is 13.8 Å². The third-order valence-electron chi connectivity index (χ3n) is 3.46. The molecule has 20 heavy (non-hydrogen) atoms. The number of rotatable bonds is 4. The summed E-state index contributed by atoms with van der Waals surface area (Å²) in [5, 5.41) is 0.789. The number of methoxy groups -OCH3 is 1. The minimum atomic E-state index is -0.389. The Kier molecular flexibility index (Phi) is 2.94. The molecule has 2 heterocycles. The highest BCUT2D eigenvalue weighted by molar-refractivity contribution is 5.80. The summed E-state index contributed by atoms with van der Waals surface area (Å²) in [7, 11) is 1.57. The molecule has 0 unspecified atom stereocenters. The number of hydrogen-bond acceptors (Lipinski definition) is 5. The van der Waals surface area contributed by atoms with Crippen molar-refractivity contribution in [3.05, 3.63) is 34.7 Å². The summed E-state index contributed by atoms with van der Waals surface area (Å²) in [6.07, 6.45) is 0.0747. The normalized spacial score (nSPS) is 19.9. The van der Waals surface area contributed by atoms with Gasteiger partial charge in [-0.2, -0.15) is 0 Å². The van der Waals surface area contributed by atoms with Crippen molar-refractivity contribution >= 4 is 11.0 Å². The molecule has 3 rings (SSSR count). The van der Waals surface area contributed by atoms with Crippen LogP contribution in [0.3, 0.4) is 0 Å². The maximum Gasteiger partial charge on any atom is 0.336 e. The third kappa shape index (κ3) is 2.36. The second-order valence-corrected chi connectivity index (χ2v) is 5.32. The second kappa shape index (κ2) is 4.52. The number of hydrogen-bond donors (Lipinski definition) is 0. The molecule has 1 atom stereocenters. The molecule has 1 aliphatic rings. The molecule has 1 aliphatic heterocycles. The van der Waals surface area contributed by atoms with Gasteiger partial charge in [-0.15, -0.1) is 0 Å². The Bertz CT molecular complexity index is 701. The van der Waals surface area contributed by atoms with Crippen molar-refractivity contribution in [1.82, 2.24) is 0 Å². The molecule has 2 aromatic rings. The van der Waals surface area contributed by atoms with E-state index in [1.165, 1.54) is 6.07 Å². The van der Waals surface area contributed by atoms with E-state index in [2.05, 4.69) is 0 Å². The molecule has 106 valence electrons. The third-order valence-corrected chi connectivity index (χ3v) is 3.46. The summed E-state index contributed by atoms with van der Waals surface area (Å²) >= 11 is 0. The number of ether oxygens (including phenoxy) is 3. The average molecular weight is 276 g/mol. The number of fused-ring (bicyclic) bond motifs is 1. The van der Waals surface area contributed by atoms with Gasteiger partial charge >= 0.3 is 5.63 Å². The fraction of sp³-hybridized carbons (Fsp3) is 0.400. The Morgan fingerprint density at radius 1 is 1.25 bits per heavy atom. The van der Waals surface area contributed by atoms with E-state index >= 15 is 0 Å². The predicted octanol–water partition coefficient (Wildman–Crippen LogP) is 2.36. The van der Waals surface area contributed by atoms with E-state index in [9.17, 15) is 4.79 Å². The van der Waals surface area contributed by atoms with Crippen LogP contribution < -0.4 is 15.1 Å². The van der Waals surface area contributed by atoms with Crippen LogP contribution in [0.15, 0.2) is 33.5 Å². The van der Waals surface area contributed by atoms with Gasteiger partial charge in [0.15, 0.2) is 11.5 Å². The van der Waals surface area contributed by atoms with E-state index in [4.69, 9.17) is 18.6 Å². The van der Waals surface area contributed by atoms with Crippen molar-refractivity contribution in [2.24, 2.45) is 0 Å². The molecule has 1 saturated heterocycles. The number of epoxide rings is 1. The molecule has 0 bridgehead atoms. The van der Waals surface area contributed by atoms with Crippen LogP contribution in [0.5, 0.6) is 11.5 Å². The predicted molar refractivity (Wildman–Crippen MR) is 73.5 cm³/mol. The summed E-state index contributed by atoms with van der Waals surface area (Å²) in [6, 6.07) is 6.53. The van der Waals surface area contributed by atoms with Crippen molar-refractivity contribution in [2.45, 2.75) is 25.6 Å². The second-order valence-electron chi connectivity index (χ2n) is 5.32. The van der Waals surface area contributed by atoms with E-state index in [-0.39, 0.29) is 17.3 Å². The van der Waals surface area contributed by atoms with Gasteiger partial charge in [-0.1, -0.05) is 0 Å². The maximum atomic E-state index is 11.3. The fourth-order valence-electron chi connectivity index (χ4n) is 2.08. The van der Waals surface area contributed by atoms with Gasteiger partial charge in [-0.25, -0.2) is 4.79 Å². The molecule has 0 aliphatic carbocycles. The van der Waals surface area contributed by atoms with Gasteiger partial charge in [0.05, 0.1) is 12.7 Å². The highest BCUT2D eigenvalue weighted by Gasteiger charge is 2.48. The fourth-order valence-corrected chi connectivity index (χ4v) is 2.08. The molecule has 1 aromatic heterocycles. The lowest BCUT2D eigenvalue weighted by Gasteiger charge is -2.11. The minimum absolute atomic E-state index is 0.0747. The molecule has 1 fully saturated rings. The van der Waals surface area contributed by atoms with Gasteiger partial charge in [-0.3, -0.25) is 0 Å². The lowest BCUT2D eigenvalue weighted by molar-refractivity contribution is 0.246. The zero-order valence-corrected chi connectivity index (χ0v) is 11.6. The van der Waals surface area contributed by atoms with Crippen molar-refractivity contribution in [3.8, 4) is 11.5 Å². The Morgan fingerprint density at radius 2 is 2.00 bits per heavy atom. The summed E-state index contributed by atoms with van der Waals surface area (Å²) in [5.41, 5.74) is -0.0408. The SMILES string of the molecule is COc1cc2ccc(=O)oc2cc1OC[C@H]1OC1(C)C. The van der Waals surface area contributed by atoms with Crippen LogP contribution in [0, 0.1) is 0 Å². The molecular formula is C15H16O5. The molecule has 5 nitrogen and oxygen atoms in total. The van der Waals surface area contributed by atoms with Gasteiger partial charge < -0.3 is 18.6 Å². The Labute approximate surface area is 116 Å². The average Bonchev–Trinajstić information content (AvgIpc) is 3.02. The molecule has 0 saturated carbocycles. The van der Waals surface area contributed by atoms with E-state index in [1.807, 2.05) is 13.8 Å². The van der Waals surface area contributed by atoms with Crippen LogP contribution >= 0.6 is 0 Å². The quantitative estimate of drug-likeness (QED) is 0.633. The lowest BCUT2D eigenvalue weighted by Crippen LogP contribution is -2.12. The first-order valence-corrected chi connectivity index (χ1v) is 6.42. The first-order chi connectivity index (χ1) is 9.49. The molecule has 1 aromatic carbocycles. The Hall–Kier alpha value is -2.01. The van der Waals surface area contributed by atoms with Crippen LogP contribution in [0.2, 0.25) is 0 Å². The van der Waals surface area contributed by atoms with E-state index in [0.29, 0.717) is 23.7 Å². The molecule has 5 heteroatoms. The summed E-state index contributed by atoms with van der Waals surface area (Å²) in [4.78, 5) is 11.3. The van der Waals surface area contributed by atoms with E-state index in [1.54, 1.807) is 25.3 Å². The first kappa shape index (κ1) is 13.0. The standard InChI is InChI=1S/C15H16O5/c1-15(2)13(20-15)8-18-12-7-10-9(6-11(12)17-3)4-5-14(16)19-10/h4-7,13H,8H2,1-3H3/t13-/m1/s1. The van der Waals surface area contributed by atoms with Crippen molar-refractivity contribution in [2.75, 3.05) is 13.7 Å². The number of benzene rings is 1. The van der Waals surface area contributed by atoms with Crippen LogP contribution in [-0.2, 0) is 4.74 Å². The largest absolute Gasteiger partial charge is 0.493 e. The first-order valence-electron chi connectivity index (χ1n) is 6.42. The van der Waals surface area contributed by atoms with Crippen LogP contribution in [0.25, 0.3) is 11.0 Å². The topological polar surface area (TPSA) is 61.2 Å². The molecule has 0 radical (unpaired) electrons. The highest BCUT2D eigenvalue weighted by Crippen LogP contribution is 2.37. The monoisotopic (exact) mass is 276 g/mol. The van der Waals surface area contributed by atoms with Crippen LogP contribution in [-0.4, -0.2) is 25.4 Å². The lowest BCUT2D eigenvalue weighted by atomic mass is 10.1. The van der Waals surface area contributed by atoms with Gasteiger partial charge in [0, 0.05) is 17.5 Å². The summed E-state index contributed by atoms with van der Waals surface area (Å²) < 4.78 is 21.6.